The summed E-state index contributed by atoms with van der Waals surface area (Å²) in [4.78, 5) is 43.6. The van der Waals surface area contributed by atoms with Crippen molar-refractivity contribution in [3.05, 3.63) is 29.7 Å². The molecule has 3 aliphatic rings. The van der Waals surface area contributed by atoms with Crippen molar-refractivity contribution in [3.63, 3.8) is 0 Å². The Balaban J connectivity index is 1.36. The smallest absolute Gasteiger partial charge is 0.254 e. The zero-order valence-corrected chi connectivity index (χ0v) is 25.3. The second kappa shape index (κ2) is 13.8. The molecule has 1 atom stereocenters. The fourth-order valence-electron chi connectivity index (χ4n) is 6.16. The van der Waals surface area contributed by atoms with Gasteiger partial charge in [-0.3, -0.25) is 14.5 Å². The third kappa shape index (κ3) is 6.84. The van der Waals surface area contributed by atoms with E-state index in [1.807, 2.05) is 6.92 Å². The van der Waals surface area contributed by atoms with Gasteiger partial charge in [0.2, 0.25) is 11.9 Å². The largest absolute Gasteiger partial charge is 0.489 e. The molecular formula is C30H43FN8O4. The molecule has 1 saturated carbocycles. The molecule has 3 heterocycles. The summed E-state index contributed by atoms with van der Waals surface area (Å²) in [5.74, 6) is -0.192. The highest BCUT2D eigenvalue weighted by Gasteiger charge is 2.41. The highest BCUT2D eigenvalue weighted by molar-refractivity contribution is 6.04. The van der Waals surface area contributed by atoms with Gasteiger partial charge in [0.05, 0.1) is 24.1 Å². The third-order valence-corrected chi connectivity index (χ3v) is 8.63. The highest BCUT2D eigenvalue weighted by Crippen LogP contribution is 2.40. The van der Waals surface area contributed by atoms with Gasteiger partial charge in [0.15, 0.2) is 5.82 Å². The maximum atomic E-state index is 15.3. The number of aliphatic hydroxyl groups is 1. The SMILES string of the molecule is CC[C@@H]1C(=O)N(C)c2cnc(Nc3cc(F)c(C(=O)NCCN4CCN(C)CC4)cc3OCCO)nc2N1C1CCCC1. The maximum Gasteiger partial charge on any atom is 0.254 e. The second-order valence-electron chi connectivity index (χ2n) is 11.5. The van der Waals surface area contributed by atoms with Crippen LogP contribution in [0.3, 0.4) is 0 Å². The Morgan fingerprint density at radius 2 is 1.91 bits per heavy atom. The van der Waals surface area contributed by atoms with Gasteiger partial charge in [0.25, 0.3) is 5.91 Å². The Labute approximate surface area is 252 Å². The molecular weight excluding hydrogens is 555 g/mol. The molecule has 1 aromatic carbocycles. The van der Waals surface area contributed by atoms with E-state index in [9.17, 15) is 14.7 Å². The van der Waals surface area contributed by atoms with Gasteiger partial charge in [-0.2, -0.15) is 4.98 Å². The van der Waals surface area contributed by atoms with E-state index in [0.29, 0.717) is 31.0 Å². The van der Waals surface area contributed by atoms with Crippen molar-refractivity contribution in [2.24, 2.45) is 0 Å². The number of carbonyl (C=O) groups is 2. The molecule has 2 fully saturated rings. The van der Waals surface area contributed by atoms with E-state index in [1.165, 1.54) is 12.1 Å². The number of nitrogens with zero attached hydrogens (tertiary/aromatic N) is 6. The number of carbonyl (C=O) groups excluding carboxylic acids is 2. The number of likely N-dealkylation sites (N-methyl/N-ethyl adjacent to an activating group) is 2. The van der Waals surface area contributed by atoms with E-state index >= 15 is 4.39 Å². The second-order valence-corrected chi connectivity index (χ2v) is 11.5. The van der Waals surface area contributed by atoms with Gasteiger partial charge in [0.1, 0.15) is 29.9 Å². The van der Waals surface area contributed by atoms with Crippen LogP contribution in [0.25, 0.3) is 0 Å². The standard InChI is InChI=1S/C30H43FN8O4/c1-4-24-29(42)37(3)25-19-33-30(35-27(25)39(24)20-7-5-6-8-20)34-23-18-22(31)21(17-26(23)43-16-15-40)28(41)32-9-10-38-13-11-36(2)12-14-38/h17-20,24,40H,4-16H2,1-3H3,(H,32,41)(H,33,34,35)/t24-/m1/s1. The van der Waals surface area contributed by atoms with E-state index in [-0.39, 0.29) is 54.2 Å². The first-order valence-corrected chi connectivity index (χ1v) is 15.3. The van der Waals surface area contributed by atoms with Crippen molar-refractivity contribution in [1.29, 1.82) is 0 Å². The van der Waals surface area contributed by atoms with E-state index in [4.69, 9.17) is 9.72 Å². The minimum absolute atomic E-state index is 0.0189. The van der Waals surface area contributed by atoms with Crippen LogP contribution >= 0.6 is 0 Å². The Morgan fingerprint density at radius 1 is 1.16 bits per heavy atom. The molecule has 3 N–H and O–H groups in total. The molecule has 13 heteroatoms. The number of fused-ring (bicyclic) bond motifs is 1. The van der Waals surface area contributed by atoms with Crippen molar-refractivity contribution in [1.82, 2.24) is 25.1 Å². The number of rotatable bonds is 11. The fraction of sp³-hybridized carbons (Fsp3) is 0.600. The third-order valence-electron chi connectivity index (χ3n) is 8.63. The fourth-order valence-corrected chi connectivity index (χ4v) is 6.16. The summed E-state index contributed by atoms with van der Waals surface area (Å²) in [6.07, 6.45) is 6.44. The van der Waals surface area contributed by atoms with Crippen LogP contribution < -0.4 is 25.2 Å². The minimum Gasteiger partial charge on any atom is -0.489 e. The monoisotopic (exact) mass is 598 g/mol. The Hall–Kier alpha value is -3.55. The van der Waals surface area contributed by atoms with Gasteiger partial charge in [-0.15, -0.1) is 0 Å². The number of anilines is 4. The van der Waals surface area contributed by atoms with Gasteiger partial charge in [0, 0.05) is 58.4 Å². The molecule has 1 saturated heterocycles. The Morgan fingerprint density at radius 3 is 2.60 bits per heavy atom. The maximum absolute atomic E-state index is 15.3. The summed E-state index contributed by atoms with van der Waals surface area (Å²) in [6, 6.07) is 2.41. The summed E-state index contributed by atoms with van der Waals surface area (Å²) in [6.45, 7) is 6.58. The highest BCUT2D eigenvalue weighted by atomic mass is 19.1. The molecule has 43 heavy (non-hydrogen) atoms. The van der Waals surface area contributed by atoms with Crippen molar-refractivity contribution >= 4 is 35.0 Å². The predicted octanol–water partition coefficient (Wildman–Crippen LogP) is 2.21. The molecule has 1 aromatic heterocycles. The lowest BCUT2D eigenvalue weighted by molar-refractivity contribution is -0.120. The summed E-state index contributed by atoms with van der Waals surface area (Å²) >= 11 is 0. The van der Waals surface area contributed by atoms with Crippen LogP contribution in [0.5, 0.6) is 5.75 Å². The number of halogens is 1. The molecule has 5 rings (SSSR count). The van der Waals surface area contributed by atoms with Gasteiger partial charge < -0.3 is 35.2 Å². The zero-order valence-electron chi connectivity index (χ0n) is 25.3. The average molecular weight is 599 g/mol. The number of aromatic nitrogens is 2. The molecule has 2 amide bonds. The quantitative estimate of drug-likeness (QED) is 0.355. The van der Waals surface area contributed by atoms with Gasteiger partial charge >= 0.3 is 0 Å². The minimum atomic E-state index is -0.724. The van der Waals surface area contributed by atoms with Crippen LogP contribution in [0, 0.1) is 5.82 Å². The van der Waals surface area contributed by atoms with Gasteiger partial charge in [-0.1, -0.05) is 19.8 Å². The van der Waals surface area contributed by atoms with Crippen molar-refractivity contribution in [3.8, 4) is 5.75 Å². The zero-order chi connectivity index (χ0) is 30.5. The number of hydrogen-bond acceptors (Lipinski definition) is 10. The summed E-state index contributed by atoms with van der Waals surface area (Å²) in [7, 11) is 3.82. The molecule has 2 aromatic rings. The van der Waals surface area contributed by atoms with Crippen LogP contribution in [0.4, 0.5) is 27.5 Å². The number of ether oxygens (including phenoxy) is 1. The predicted molar refractivity (Wildman–Crippen MR) is 163 cm³/mol. The lowest BCUT2D eigenvalue weighted by Crippen LogP contribution is -2.55. The molecule has 0 bridgehead atoms. The van der Waals surface area contributed by atoms with E-state index in [0.717, 1.165) is 51.9 Å². The summed E-state index contributed by atoms with van der Waals surface area (Å²) < 4.78 is 21.1. The first kappa shape index (κ1) is 30.9. The first-order chi connectivity index (χ1) is 20.8. The normalized spacial score (nSPS) is 19.9. The number of piperazine rings is 1. The average Bonchev–Trinajstić information content (AvgIpc) is 3.54. The van der Waals surface area contributed by atoms with Crippen LogP contribution in [-0.2, 0) is 4.79 Å². The summed E-state index contributed by atoms with van der Waals surface area (Å²) in [5, 5.41) is 15.3. The van der Waals surface area contributed by atoms with Crippen molar-refractivity contribution in [2.45, 2.75) is 51.1 Å². The molecule has 1 aliphatic carbocycles. The summed E-state index contributed by atoms with van der Waals surface area (Å²) in [5.41, 5.74) is 0.694. The molecule has 2 aliphatic heterocycles. The van der Waals surface area contributed by atoms with Crippen LogP contribution in [0.15, 0.2) is 18.3 Å². The first-order valence-electron chi connectivity index (χ1n) is 15.3. The Kier molecular flexibility index (Phi) is 9.93. The van der Waals surface area contributed by atoms with Crippen LogP contribution in [0.2, 0.25) is 0 Å². The lowest BCUT2D eigenvalue weighted by atomic mass is 10.0. The number of hydrogen-bond donors (Lipinski definition) is 3. The topological polar surface area (TPSA) is 126 Å². The van der Waals surface area contributed by atoms with Crippen LogP contribution in [-0.4, -0.2) is 115 Å². The van der Waals surface area contributed by atoms with Crippen LogP contribution in [0.1, 0.15) is 49.4 Å². The number of benzene rings is 1. The van der Waals surface area contributed by atoms with E-state index < -0.39 is 11.7 Å². The van der Waals surface area contributed by atoms with Crippen molar-refractivity contribution < 1.29 is 23.8 Å². The van der Waals surface area contributed by atoms with E-state index in [1.54, 1.807) is 18.1 Å². The molecule has 0 spiro atoms. The number of amides is 2. The number of nitrogens with one attached hydrogen (secondary N) is 2. The van der Waals surface area contributed by atoms with Crippen molar-refractivity contribution in [2.75, 3.05) is 81.7 Å². The molecule has 0 unspecified atom stereocenters. The van der Waals surface area contributed by atoms with Gasteiger partial charge in [-0.25, -0.2) is 9.37 Å². The number of aliphatic hydroxyl groups excluding tert-OH is 1. The lowest BCUT2D eigenvalue weighted by Gasteiger charge is -2.43. The Bertz CT molecular complexity index is 1300. The molecule has 12 nitrogen and oxygen atoms in total. The van der Waals surface area contributed by atoms with E-state index in [2.05, 4.69) is 37.4 Å². The molecule has 0 radical (unpaired) electrons. The van der Waals surface area contributed by atoms with Gasteiger partial charge in [-0.05, 0) is 32.4 Å². The molecule has 234 valence electrons.